The zero-order chi connectivity index (χ0) is 32.4. The second kappa shape index (κ2) is 12.8. The lowest BCUT2D eigenvalue weighted by Crippen LogP contribution is -2.22. The molecule has 0 N–H and O–H groups in total. The van der Waals surface area contributed by atoms with E-state index < -0.39 is 0 Å². The normalized spacial score (nSPS) is 11.0. The van der Waals surface area contributed by atoms with Gasteiger partial charge in [0.05, 0.1) is 54.0 Å². The van der Waals surface area contributed by atoms with Gasteiger partial charge >= 0.3 is 0 Å². The molecule has 0 bridgehead atoms. The Hall–Kier alpha value is -5.52. The molecule has 46 heavy (non-hydrogen) atoms. The van der Waals surface area contributed by atoms with E-state index in [0.29, 0.717) is 34.9 Å². The molecule has 3 aromatic heterocycles. The number of benzene rings is 3. The molecule has 9 heteroatoms. The highest BCUT2D eigenvalue weighted by molar-refractivity contribution is 6.36. The quantitative estimate of drug-likeness (QED) is 0.165. The Morgan fingerprint density at radius 3 is 2.09 bits per heavy atom. The van der Waals surface area contributed by atoms with Gasteiger partial charge in [-0.15, -0.1) is 0 Å². The second-order valence-corrected chi connectivity index (χ2v) is 11.5. The third-order valence-corrected chi connectivity index (χ3v) is 8.59. The van der Waals surface area contributed by atoms with Gasteiger partial charge in [0.25, 0.3) is 5.56 Å². The van der Waals surface area contributed by atoms with Crippen molar-refractivity contribution >= 4 is 28.2 Å². The molecule has 0 aliphatic heterocycles. The lowest BCUT2D eigenvalue weighted by Gasteiger charge is -2.27. The first-order valence-electron chi connectivity index (χ1n) is 14.7. The van der Waals surface area contributed by atoms with Crippen LogP contribution >= 0.6 is 11.6 Å². The number of ether oxygens (including phenoxy) is 2. The molecule has 8 nitrogen and oxygen atoms in total. The number of hydrogen-bond donors (Lipinski definition) is 0. The van der Waals surface area contributed by atoms with Gasteiger partial charge < -0.3 is 23.5 Å². The minimum atomic E-state index is -0.124. The van der Waals surface area contributed by atoms with Gasteiger partial charge in [-0.2, -0.15) is 5.26 Å². The molecule has 0 fully saturated rings. The Morgan fingerprint density at radius 1 is 0.891 bits per heavy atom. The summed E-state index contributed by atoms with van der Waals surface area (Å²) in [5, 5.41) is 11.2. The Morgan fingerprint density at radius 2 is 1.52 bits per heavy atom. The van der Waals surface area contributed by atoms with E-state index in [1.54, 1.807) is 45.9 Å². The number of rotatable bonds is 9. The van der Waals surface area contributed by atoms with Gasteiger partial charge in [-0.05, 0) is 66.1 Å². The van der Waals surface area contributed by atoms with Gasteiger partial charge in [0, 0.05) is 61.3 Å². The Labute approximate surface area is 272 Å². The largest absolute Gasteiger partial charge is 0.497 e. The van der Waals surface area contributed by atoms with Crippen LogP contribution in [0.5, 0.6) is 11.5 Å². The van der Waals surface area contributed by atoms with Crippen molar-refractivity contribution in [3.05, 3.63) is 135 Å². The fourth-order valence-corrected chi connectivity index (χ4v) is 5.90. The first-order valence-corrected chi connectivity index (χ1v) is 15.0. The van der Waals surface area contributed by atoms with Crippen molar-refractivity contribution in [2.24, 2.45) is 7.05 Å². The predicted octanol–water partition coefficient (Wildman–Crippen LogP) is 7.45. The highest BCUT2D eigenvalue weighted by Crippen LogP contribution is 2.41. The maximum atomic E-state index is 12.6. The van der Waals surface area contributed by atoms with Gasteiger partial charge in [0.1, 0.15) is 11.5 Å². The number of aromatic nitrogens is 3. The fraction of sp³-hybridized carbons (Fsp3) is 0.162. The summed E-state index contributed by atoms with van der Waals surface area (Å²) in [6, 6.07) is 25.6. The predicted molar refractivity (Wildman–Crippen MR) is 182 cm³/mol. The van der Waals surface area contributed by atoms with Crippen LogP contribution in [0.1, 0.15) is 22.3 Å². The van der Waals surface area contributed by atoms with Crippen molar-refractivity contribution in [1.82, 2.24) is 14.1 Å². The van der Waals surface area contributed by atoms with Crippen LogP contribution in [0, 0.1) is 18.3 Å². The number of fused-ring (bicyclic) bond motifs is 1. The van der Waals surface area contributed by atoms with E-state index in [-0.39, 0.29) is 5.56 Å². The van der Waals surface area contributed by atoms with E-state index in [4.69, 9.17) is 21.1 Å². The Balaban J connectivity index is 1.50. The molecule has 0 saturated carbocycles. The van der Waals surface area contributed by atoms with Gasteiger partial charge in [-0.25, -0.2) is 0 Å². The van der Waals surface area contributed by atoms with Crippen LogP contribution in [0.3, 0.4) is 0 Å². The number of nitriles is 1. The first kappa shape index (κ1) is 30.5. The summed E-state index contributed by atoms with van der Waals surface area (Å²) in [6.45, 7) is 3.03. The van der Waals surface area contributed by atoms with Crippen LogP contribution < -0.4 is 19.9 Å². The molecule has 6 aromatic rings. The first-order chi connectivity index (χ1) is 22.3. The number of nitrogens with zero attached hydrogens (tertiary/aromatic N) is 5. The summed E-state index contributed by atoms with van der Waals surface area (Å²) >= 11 is 7.32. The summed E-state index contributed by atoms with van der Waals surface area (Å²) in [7, 11) is 5.02. The summed E-state index contributed by atoms with van der Waals surface area (Å²) < 4.78 is 14.2. The van der Waals surface area contributed by atoms with Gasteiger partial charge in [0.2, 0.25) is 0 Å². The smallest absolute Gasteiger partial charge is 0.252 e. The molecule has 6 rings (SSSR count). The molecule has 0 amide bonds. The lowest BCUT2D eigenvalue weighted by molar-refractivity contribution is 0.414. The molecule has 0 unspecified atom stereocenters. The number of hydrogen-bond acceptors (Lipinski definition) is 6. The van der Waals surface area contributed by atoms with Crippen molar-refractivity contribution in [1.29, 1.82) is 5.26 Å². The van der Waals surface area contributed by atoms with Crippen LogP contribution in [0.15, 0.2) is 102 Å². The van der Waals surface area contributed by atoms with Crippen LogP contribution in [-0.4, -0.2) is 28.3 Å². The topological polar surface area (TPSA) is 85.3 Å². The third kappa shape index (κ3) is 5.93. The van der Waals surface area contributed by atoms with E-state index in [1.807, 2.05) is 84.4 Å². The molecule has 0 aliphatic carbocycles. The van der Waals surface area contributed by atoms with Crippen molar-refractivity contribution in [3.63, 3.8) is 0 Å². The van der Waals surface area contributed by atoms with E-state index in [0.717, 1.165) is 50.3 Å². The summed E-state index contributed by atoms with van der Waals surface area (Å²) in [6.07, 6.45) is 7.23. The molecular weight excluding hydrogens is 598 g/mol. The van der Waals surface area contributed by atoms with Crippen LogP contribution in [-0.2, 0) is 20.1 Å². The monoisotopic (exact) mass is 629 g/mol. The molecule has 0 radical (unpaired) electrons. The summed E-state index contributed by atoms with van der Waals surface area (Å²) in [5.41, 5.74) is 7.28. The highest BCUT2D eigenvalue weighted by atomic mass is 35.5. The molecule has 0 aliphatic rings. The molecule has 230 valence electrons. The van der Waals surface area contributed by atoms with Crippen molar-refractivity contribution < 1.29 is 9.47 Å². The second-order valence-electron chi connectivity index (χ2n) is 11.1. The lowest BCUT2D eigenvalue weighted by atomic mass is 10.0. The third-order valence-electron chi connectivity index (χ3n) is 8.19. The number of pyridine rings is 2. The van der Waals surface area contributed by atoms with Crippen molar-refractivity contribution in [2.75, 3.05) is 19.1 Å². The molecule has 0 atom stereocenters. The molecule has 3 aromatic carbocycles. The SMILES string of the molecule is COc1ccc(CN(Cc2ccc(OC)cc2)c2cncc(-c3cn(-c4ccn(C)c(=O)c4)c4cc(C)c(C#N)cc34)c2Cl)cc1. The van der Waals surface area contributed by atoms with E-state index in [9.17, 15) is 10.1 Å². The van der Waals surface area contributed by atoms with Gasteiger partial charge in [-0.3, -0.25) is 9.78 Å². The van der Waals surface area contributed by atoms with Crippen LogP contribution in [0.4, 0.5) is 5.69 Å². The van der Waals surface area contributed by atoms with Crippen LogP contribution in [0.25, 0.3) is 27.7 Å². The summed E-state index contributed by atoms with van der Waals surface area (Å²) in [4.78, 5) is 19.4. The average Bonchev–Trinajstić information content (AvgIpc) is 3.43. The Kier molecular flexibility index (Phi) is 8.51. The fourth-order valence-electron chi connectivity index (χ4n) is 5.58. The minimum absolute atomic E-state index is 0.124. The number of halogens is 1. The van der Waals surface area contributed by atoms with Crippen molar-refractivity contribution in [3.8, 4) is 34.4 Å². The van der Waals surface area contributed by atoms with Crippen LogP contribution in [0.2, 0.25) is 5.02 Å². The zero-order valence-electron chi connectivity index (χ0n) is 26.0. The molecule has 3 heterocycles. The molecular formula is C37H32ClN5O3. The maximum absolute atomic E-state index is 12.6. The molecule has 0 spiro atoms. The zero-order valence-corrected chi connectivity index (χ0v) is 26.7. The number of aryl methyl sites for hydroxylation is 2. The number of methoxy groups -OCH3 is 2. The van der Waals surface area contributed by atoms with E-state index in [1.165, 1.54) is 4.57 Å². The minimum Gasteiger partial charge on any atom is -0.497 e. The van der Waals surface area contributed by atoms with E-state index in [2.05, 4.69) is 16.0 Å². The van der Waals surface area contributed by atoms with E-state index >= 15 is 0 Å². The Bertz CT molecular complexity index is 2100. The average molecular weight is 630 g/mol. The van der Waals surface area contributed by atoms with Crippen molar-refractivity contribution in [2.45, 2.75) is 20.0 Å². The standard InChI is InChI=1S/C37H32ClN5O3/c1-24-15-34-31(16-27(24)18-39)33(23-43(34)28-13-14-41(2)36(44)17-28)32-19-40-20-35(37(32)38)42(21-25-5-9-29(45-3)10-6-25)22-26-7-11-30(46-4)12-8-26/h5-17,19-20,23H,21-22H2,1-4H3. The number of anilines is 1. The van der Waals surface area contributed by atoms with Gasteiger partial charge in [0.15, 0.2) is 0 Å². The summed E-state index contributed by atoms with van der Waals surface area (Å²) in [5.74, 6) is 1.57. The maximum Gasteiger partial charge on any atom is 0.252 e. The molecule has 0 saturated heterocycles. The van der Waals surface area contributed by atoms with Gasteiger partial charge in [-0.1, -0.05) is 35.9 Å². The highest BCUT2D eigenvalue weighted by Gasteiger charge is 2.21.